The molecule has 1 N–H and O–H groups in total. The Morgan fingerprint density at radius 2 is 2.20 bits per heavy atom. The zero-order chi connectivity index (χ0) is 14.8. The lowest BCUT2D eigenvalue weighted by Gasteiger charge is -2.42. The molecule has 2 unspecified atom stereocenters. The molecule has 2 atom stereocenters. The van der Waals surface area contributed by atoms with Gasteiger partial charge in [0.05, 0.1) is 6.26 Å². The quantitative estimate of drug-likeness (QED) is 0.894. The fraction of sp³-hybridized carbons (Fsp3) is 0.765. The van der Waals surface area contributed by atoms with Crippen LogP contribution in [0.3, 0.4) is 0 Å². The molecule has 0 spiro atoms. The van der Waals surface area contributed by atoms with Crippen molar-refractivity contribution in [3.8, 4) is 0 Å². The zero-order valence-corrected chi connectivity index (χ0v) is 13.7. The molecule has 1 aliphatic carbocycles. The molecule has 3 heteroatoms. The van der Waals surface area contributed by atoms with Gasteiger partial charge in [-0.15, -0.1) is 0 Å². The van der Waals surface area contributed by atoms with Crippen LogP contribution in [0.5, 0.6) is 0 Å². The first kappa shape index (κ1) is 15.6. The van der Waals surface area contributed by atoms with Gasteiger partial charge in [0.15, 0.2) is 0 Å². The summed E-state index contributed by atoms with van der Waals surface area (Å²) in [6.45, 7) is 9.00. The fourth-order valence-electron chi connectivity index (χ4n) is 3.64. The molecule has 1 heterocycles. The second-order valence-electron chi connectivity index (χ2n) is 7.26. The maximum absolute atomic E-state index is 5.39. The molecule has 3 nitrogen and oxygen atoms in total. The van der Waals surface area contributed by atoms with Crippen molar-refractivity contribution in [2.75, 3.05) is 20.6 Å². The smallest absolute Gasteiger partial charge is 0.105 e. The summed E-state index contributed by atoms with van der Waals surface area (Å²) in [5, 5.41) is 3.52. The Morgan fingerprint density at radius 3 is 2.80 bits per heavy atom. The predicted molar refractivity (Wildman–Crippen MR) is 83.7 cm³/mol. The number of nitrogens with one attached hydrogen (secondary N) is 1. The fourth-order valence-corrected chi connectivity index (χ4v) is 3.64. The first-order chi connectivity index (χ1) is 9.41. The second-order valence-corrected chi connectivity index (χ2v) is 7.26. The molecular formula is C17H30N2O. The summed E-state index contributed by atoms with van der Waals surface area (Å²) in [6.07, 6.45) is 5.73. The molecule has 20 heavy (non-hydrogen) atoms. The Morgan fingerprint density at radius 1 is 1.45 bits per heavy atom. The number of hydrogen-bond acceptors (Lipinski definition) is 3. The van der Waals surface area contributed by atoms with Crippen molar-refractivity contribution in [3.05, 3.63) is 23.7 Å². The maximum atomic E-state index is 5.39. The maximum Gasteiger partial charge on any atom is 0.105 e. The third-order valence-corrected chi connectivity index (χ3v) is 4.84. The average molecular weight is 278 g/mol. The van der Waals surface area contributed by atoms with Crippen LogP contribution < -0.4 is 5.32 Å². The van der Waals surface area contributed by atoms with Gasteiger partial charge in [-0.05, 0) is 57.7 Å². The van der Waals surface area contributed by atoms with Gasteiger partial charge < -0.3 is 14.6 Å². The molecule has 2 rings (SSSR count). The lowest BCUT2D eigenvalue weighted by Crippen LogP contribution is -2.45. The standard InChI is InChI=1S/C17H30N2O/c1-13-14(7-9-20-13)11-19(5)12-15-10-17(2,3)8-6-16(15)18-4/h7,9,15-16,18H,6,8,10-12H2,1-5H3. The average Bonchev–Trinajstić information content (AvgIpc) is 2.74. The van der Waals surface area contributed by atoms with Crippen molar-refractivity contribution in [3.63, 3.8) is 0 Å². The van der Waals surface area contributed by atoms with Gasteiger partial charge in [-0.25, -0.2) is 0 Å². The minimum absolute atomic E-state index is 0.490. The first-order valence-electron chi connectivity index (χ1n) is 7.80. The van der Waals surface area contributed by atoms with E-state index < -0.39 is 0 Å². The third kappa shape index (κ3) is 3.86. The molecule has 1 aromatic rings. The van der Waals surface area contributed by atoms with E-state index in [-0.39, 0.29) is 0 Å². The van der Waals surface area contributed by atoms with Gasteiger partial charge in [0, 0.05) is 24.7 Å². The summed E-state index contributed by atoms with van der Waals surface area (Å²) in [7, 11) is 4.33. The highest BCUT2D eigenvalue weighted by atomic mass is 16.3. The minimum Gasteiger partial charge on any atom is -0.469 e. The minimum atomic E-state index is 0.490. The van der Waals surface area contributed by atoms with E-state index in [0.29, 0.717) is 11.5 Å². The van der Waals surface area contributed by atoms with Crippen molar-refractivity contribution < 1.29 is 4.42 Å². The monoisotopic (exact) mass is 278 g/mol. The molecule has 0 bridgehead atoms. The Bertz CT molecular complexity index is 424. The van der Waals surface area contributed by atoms with Crippen molar-refractivity contribution in [1.29, 1.82) is 0 Å². The van der Waals surface area contributed by atoms with E-state index in [1.165, 1.54) is 24.8 Å². The molecular weight excluding hydrogens is 248 g/mol. The van der Waals surface area contributed by atoms with Crippen molar-refractivity contribution in [1.82, 2.24) is 10.2 Å². The highest BCUT2D eigenvalue weighted by molar-refractivity contribution is 5.15. The van der Waals surface area contributed by atoms with Crippen LogP contribution in [0.25, 0.3) is 0 Å². The van der Waals surface area contributed by atoms with Crippen LogP contribution in [0.15, 0.2) is 16.7 Å². The molecule has 1 saturated carbocycles. The molecule has 0 saturated heterocycles. The second kappa shape index (κ2) is 6.31. The van der Waals surface area contributed by atoms with Gasteiger partial charge in [-0.1, -0.05) is 13.8 Å². The summed E-state index contributed by atoms with van der Waals surface area (Å²) < 4.78 is 5.39. The van der Waals surface area contributed by atoms with E-state index in [0.717, 1.165) is 24.8 Å². The summed E-state index contributed by atoms with van der Waals surface area (Å²) in [5.74, 6) is 1.78. The molecule has 1 fully saturated rings. The summed E-state index contributed by atoms with van der Waals surface area (Å²) in [5.41, 5.74) is 1.80. The SMILES string of the molecule is CNC1CCC(C)(C)CC1CN(C)Cc1ccoc1C. The van der Waals surface area contributed by atoms with E-state index in [9.17, 15) is 0 Å². The van der Waals surface area contributed by atoms with Crippen LogP contribution in [0.2, 0.25) is 0 Å². The topological polar surface area (TPSA) is 28.4 Å². The molecule has 114 valence electrons. The molecule has 0 radical (unpaired) electrons. The predicted octanol–water partition coefficient (Wildman–Crippen LogP) is 3.43. The van der Waals surface area contributed by atoms with E-state index >= 15 is 0 Å². The van der Waals surface area contributed by atoms with Crippen molar-refractivity contribution in [2.24, 2.45) is 11.3 Å². The van der Waals surface area contributed by atoms with Crippen LogP contribution in [0, 0.1) is 18.3 Å². The van der Waals surface area contributed by atoms with E-state index in [1.807, 2.05) is 6.92 Å². The summed E-state index contributed by atoms with van der Waals surface area (Å²) >= 11 is 0. The molecule has 0 aliphatic heterocycles. The number of nitrogens with zero attached hydrogens (tertiary/aromatic N) is 1. The van der Waals surface area contributed by atoms with Gasteiger partial charge in [-0.2, -0.15) is 0 Å². The number of aryl methyl sites for hydroxylation is 1. The van der Waals surface area contributed by atoms with Crippen molar-refractivity contribution >= 4 is 0 Å². The van der Waals surface area contributed by atoms with E-state index in [2.05, 4.69) is 44.2 Å². The lowest BCUT2D eigenvalue weighted by molar-refractivity contribution is 0.110. The lowest BCUT2D eigenvalue weighted by atomic mass is 9.69. The van der Waals surface area contributed by atoms with E-state index in [4.69, 9.17) is 4.42 Å². The van der Waals surface area contributed by atoms with Crippen LogP contribution in [-0.4, -0.2) is 31.6 Å². The van der Waals surface area contributed by atoms with Crippen LogP contribution in [0.1, 0.15) is 44.4 Å². The first-order valence-corrected chi connectivity index (χ1v) is 7.80. The van der Waals surface area contributed by atoms with Crippen molar-refractivity contribution in [2.45, 2.75) is 52.6 Å². The number of hydrogen-bond donors (Lipinski definition) is 1. The van der Waals surface area contributed by atoms with Gasteiger partial charge in [0.2, 0.25) is 0 Å². The number of furan rings is 1. The largest absolute Gasteiger partial charge is 0.469 e. The van der Waals surface area contributed by atoms with Gasteiger partial charge >= 0.3 is 0 Å². The van der Waals surface area contributed by atoms with Gasteiger partial charge in [0.1, 0.15) is 5.76 Å². The van der Waals surface area contributed by atoms with Crippen LogP contribution >= 0.6 is 0 Å². The molecule has 1 aromatic heterocycles. The Balaban J connectivity index is 1.94. The highest BCUT2D eigenvalue weighted by Crippen LogP contribution is 2.39. The third-order valence-electron chi connectivity index (χ3n) is 4.84. The van der Waals surface area contributed by atoms with Gasteiger partial charge in [-0.3, -0.25) is 0 Å². The molecule has 0 amide bonds. The molecule has 0 aromatic carbocycles. The zero-order valence-electron chi connectivity index (χ0n) is 13.7. The van der Waals surface area contributed by atoms with Gasteiger partial charge in [0.25, 0.3) is 0 Å². The summed E-state index contributed by atoms with van der Waals surface area (Å²) in [4.78, 5) is 2.44. The van der Waals surface area contributed by atoms with Crippen LogP contribution in [-0.2, 0) is 6.54 Å². The summed E-state index contributed by atoms with van der Waals surface area (Å²) in [6, 6.07) is 2.75. The molecule has 1 aliphatic rings. The number of rotatable bonds is 5. The Hall–Kier alpha value is -0.800. The Labute approximate surface area is 123 Å². The normalized spacial score (nSPS) is 26.1. The van der Waals surface area contributed by atoms with Crippen LogP contribution in [0.4, 0.5) is 0 Å². The highest BCUT2D eigenvalue weighted by Gasteiger charge is 2.34. The van der Waals surface area contributed by atoms with E-state index in [1.54, 1.807) is 6.26 Å². The Kier molecular flexibility index (Phi) is 4.92.